The lowest BCUT2D eigenvalue weighted by Gasteiger charge is -2.31. The molecule has 0 aliphatic heterocycles. The Hall–Kier alpha value is -1.55. The number of Topliss-reactive ketones (excluding diaryl/α,β-unsaturated/α-hetero) is 1. The van der Waals surface area contributed by atoms with E-state index in [1.807, 2.05) is 0 Å². The van der Waals surface area contributed by atoms with Gasteiger partial charge in [-0.1, -0.05) is 11.6 Å². The van der Waals surface area contributed by atoms with E-state index in [2.05, 4.69) is 0 Å². The zero-order chi connectivity index (χ0) is 14.0. The molecule has 1 N–H and O–H groups in total. The highest BCUT2D eigenvalue weighted by Gasteiger charge is 2.27. The summed E-state index contributed by atoms with van der Waals surface area (Å²) in [5, 5.41) is 10.1. The summed E-state index contributed by atoms with van der Waals surface area (Å²) in [4.78, 5) is 25.1. The molecular weight excluding hydrogens is 266 g/mol. The van der Waals surface area contributed by atoms with Crippen LogP contribution in [0.5, 0.6) is 5.75 Å². The van der Waals surface area contributed by atoms with Crippen LogP contribution < -0.4 is 0 Å². The monoisotopic (exact) mass is 281 g/mol. The fraction of sp³-hybridized carbons (Fsp3) is 0.429. The minimum absolute atomic E-state index is 0.0450. The van der Waals surface area contributed by atoms with Crippen LogP contribution >= 0.6 is 11.6 Å². The minimum atomic E-state index is -0.264. The second-order valence-electron chi connectivity index (χ2n) is 4.85. The average molecular weight is 282 g/mol. The summed E-state index contributed by atoms with van der Waals surface area (Å²) in [5.41, 5.74) is 0.201. The summed E-state index contributed by atoms with van der Waals surface area (Å²) in [5.74, 6) is -0.0878. The lowest BCUT2D eigenvalue weighted by molar-refractivity contribution is -0.121. The third-order valence-corrected chi connectivity index (χ3v) is 3.80. The first-order valence-electron chi connectivity index (χ1n) is 6.26. The standard InChI is InChI=1S/C14H16ClNO3/c1-16(10-3-5-11(17)6-4-10)14(19)12-8-9(15)2-7-13(12)18/h2,7-8,10,18H,3-6H2,1H3. The predicted octanol–water partition coefficient (Wildman–Crippen LogP) is 2.63. The van der Waals surface area contributed by atoms with Crippen molar-refractivity contribution in [2.75, 3.05) is 7.05 Å². The lowest BCUT2D eigenvalue weighted by Crippen LogP contribution is -2.39. The Labute approximate surface area is 117 Å². The van der Waals surface area contributed by atoms with Gasteiger partial charge in [0.15, 0.2) is 0 Å². The van der Waals surface area contributed by atoms with E-state index in [-0.39, 0.29) is 29.0 Å². The number of aromatic hydroxyl groups is 1. The van der Waals surface area contributed by atoms with E-state index in [1.54, 1.807) is 11.9 Å². The van der Waals surface area contributed by atoms with Crippen LogP contribution in [0.2, 0.25) is 5.02 Å². The van der Waals surface area contributed by atoms with E-state index >= 15 is 0 Å². The highest BCUT2D eigenvalue weighted by molar-refractivity contribution is 6.31. The van der Waals surface area contributed by atoms with Gasteiger partial charge in [0.2, 0.25) is 0 Å². The van der Waals surface area contributed by atoms with Crippen molar-refractivity contribution in [3.05, 3.63) is 28.8 Å². The third kappa shape index (κ3) is 3.07. The minimum Gasteiger partial charge on any atom is -0.507 e. The first kappa shape index (κ1) is 13.9. The molecule has 1 fully saturated rings. The molecule has 1 aliphatic rings. The number of benzene rings is 1. The molecule has 102 valence electrons. The number of phenols is 1. The van der Waals surface area contributed by atoms with Gasteiger partial charge in [-0.15, -0.1) is 0 Å². The summed E-state index contributed by atoms with van der Waals surface area (Å²) in [6, 6.07) is 4.45. The van der Waals surface area contributed by atoms with E-state index in [0.29, 0.717) is 30.7 Å². The molecule has 2 rings (SSSR count). The average Bonchev–Trinajstić information content (AvgIpc) is 2.41. The Morgan fingerprint density at radius 1 is 1.37 bits per heavy atom. The lowest BCUT2D eigenvalue weighted by atomic mass is 9.93. The van der Waals surface area contributed by atoms with Gasteiger partial charge < -0.3 is 10.0 Å². The van der Waals surface area contributed by atoms with Gasteiger partial charge in [0.25, 0.3) is 5.91 Å². The largest absolute Gasteiger partial charge is 0.507 e. The summed E-state index contributed by atoms with van der Waals surface area (Å²) in [6.07, 6.45) is 2.40. The van der Waals surface area contributed by atoms with Gasteiger partial charge in [-0.05, 0) is 31.0 Å². The fourth-order valence-corrected chi connectivity index (χ4v) is 2.52. The number of amides is 1. The molecule has 0 spiro atoms. The number of halogens is 1. The molecule has 1 aliphatic carbocycles. The molecule has 0 unspecified atom stereocenters. The number of rotatable bonds is 2. The normalized spacial score (nSPS) is 16.4. The topological polar surface area (TPSA) is 57.6 Å². The van der Waals surface area contributed by atoms with Crippen molar-refractivity contribution >= 4 is 23.3 Å². The number of nitrogens with zero attached hydrogens (tertiary/aromatic N) is 1. The van der Waals surface area contributed by atoms with Gasteiger partial charge in [-0.25, -0.2) is 0 Å². The number of carbonyl (C=O) groups is 2. The number of phenolic OH excluding ortho intramolecular Hbond substituents is 1. The first-order chi connectivity index (χ1) is 8.99. The maximum Gasteiger partial charge on any atom is 0.257 e. The van der Waals surface area contributed by atoms with Crippen LogP contribution in [0, 0.1) is 0 Å². The summed E-state index contributed by atoms with van der Waals surface area (Å²) in [6.45, 7) is 0. The molecule has 1 amide bonds. The quantitative estimate of drug-likeness (QED) is 0.906. The smallest absolute Gasteiger partial charge is 0.257 e. The second-order valence-corrected chi connectivity index (χ2v) is 5.28. The third-order valence-electron chi connectivity index (χ3n) is 3.57. The Morgan fingerprint density at radius 2 is 2.00 bits per heavy atom. The highest BCUT2D eigenvalue weighted by atomic mass is 35.5. The summed E-state index contributed by atoms with van der Waals surface area (Å²) >= 11 is 5.84. The Kier molecular flexibility index (Phi) is 4.10. The molecule has 1 aromatic carbocycles. The summed E-state index contributed by atoms with van der Waals surface area (Å²) < 4.78 is 0. The molecule has 5 heteroatoms. The van der Waals surface area contributed by atoms with Gasteiger partial charge in [0.05, 0.1) is 5.56 Å². The molecule has 1 aromatic rings. The van der Waals surface area contributed by atoms with Crippen molar-refractivity contribution in [3.8, 4) is 5.75 Å². The van der Waals surface area contributed by atoms with Crippen molar-refractivity contribution in [1.82, 2.24) is 4.90 Å². The van der Waals surface area contributed by atoms with Crippen molar-refractivity contribution in [2.24, 2.45) is 0 Å². The molecule has 0 radical (unpaired) electrons. The Bertz CT molecular complexity index is 505. The Balaban J connectivity index is 2.14. The Morgan fingerprint density at radius 3 is 2.63 bits per heavy atom. The maximum atomic E-state index is 12.3. The highest BCUT2D eigenvalue weighted by Crippen LogP contribution is 2.26. The van der Waals surface area contributed by atoms with Crippen LogP contribution in [0.1, 0.15) is 36.0 Å². The molecule has 1 saturated carbocycles. The molecule has 0 bridgehead atoms. The van der Waals surface area contributed by atoms with Crippen LogP contribution in [-0.2, 0) is 4.79 Å². The van der Waals surface area contributed by atoms with E-state index in [9.17, 15) is 14.7 Å². The predicted molar refractivity (Wildman–Crippen MR) is 72.5 cm³/mol. The van der Waals surface area contributed by atoms with Crippen molar-refractivity contribution < 1.29 is 14.7 Å². The number of carbonyl (C=O) groups excluding carboxylic acids is 2. The first-order valence-corrected chi connectivity index (χ1v) is 6.64. The van der Waals surface area contributed by atoms with Gasteiger partial charge in [-0.3, -0.25) is 9.59 Å². The van der Waals surface area contributed by atoms with Crippen molar-refractivity contribution in [3.63, 3.8) is 0 Å². The van der Waals surface area contributed by atoms with Gasteiger partial charge >= 0.3 is 0 Å². The van der Waals surface area contributed by atoms with Gasteiger partial charge in [-0.2, -0.15) is 0 Å². The summed E-state index contributed by atoms with van der Waals surface area (Å²) in [7, 11) is 1.70. The molecule has 0 heterocycles. The zero-order valence-corrected chi connectivity index (χ0v) is 11.5. The second kappa shape index (κ2) is 5.61. The molecular formula is C14H16ClNO3. The van der Waals surface area contributed by atoms with Crippen LogP contribution in [0.3, 0.4) is 0 Å². The maximum absolute atomic E-state index is 12.3. The van der Waals surface area contributed by atoms with Crippen molar-refractivity contribution in [2.45, 2.75) is 31.7 Å². The van der Waals surface area contributed by atoms with Crippen LogP contribution in [0.4, 0.5) is 0 Å². The van der Waals surface area contributed by atoms with E-state index in [4.69, 9.17) is 11.6 Å². The molecule has 0 saturated heterocycles. The molecule has 19 heavy (non-hydrogen) atoms. The SMILES string of the molecule is CN(C(=O)c1cc(Cl)ccc1O)C1CCC(=O)CC1. The van der Waals surface area contributed by atoms with Crippen LogP contribution in [-0.4, -0.2) is 34.8 Å². The van der Waals surface area contributed by atoms with E-state index in [0.717, 1.165) is 0 Å². The molecule has 4 nitrogen and oxygen atoms in total. The van der Waals surface area contributed by atoms with Crippen LogP contribution in [0.25, 0.3) is 0 Å². The zero-order valence-electron chi connectivity index (χ0n) is 10.7. The van der Waals surface area contributed by atoms with Crippen molar-refractivity contribution in [1.29, 1.82) is 0 Å². The van der Waals surface area contributed by atoms with Gasteiger partial charge in [0, 0.05) is 31.0 Å². The number of hydrogen-bond donors (Lipinski definition) is 1. The number of hydrogen-bond acceptors (Lipinski definition) is 3. The molecule has 0 aromatic heterocycles. The van der Waals surface area contributed by atoms with E-state index < -0.39 is 0 Å². The fourth-order valence-electron chi connectivity index (χ4n) is 2.35. The van der Waals surface area contributed by atoms with E-state index in [1.165, 1.54) is 18.2 Å². The van der Waals surface area contributed by atoms with Crippen LogP contribution in [0.15, 0.2) is 18.2 Å². The van der Waals surface area contributed by atoms with Gasteiger partial charge in [0.1, 0.15) is 11.5 Å². The number of ketones is 1. The molecule has 0 atom stereocenters.